The summed E-state index contributed by atoms with van der Waals surface area (Å²) in [5, 5.41) is 11.9. The van der Waals surface area contributed by atoms with Crippen molar-refractivity contribution in [1.29, 1.82) is 5.26 Å². The molecular weight excluding hydrogens is 240 g/mol. The van der Waals surface area contributed by atoms with Gasteiger partial charge < -0.3 is 10.1 Å². The van der Waals surface area contributed by atoms with Crippen LogP contribution < -0.4 is 10.1 Å². The summed E-state index contributed by atoms with van der Waals surface area (Å²) in [5.74, 6) is 1.58. The number of anilines is 1. The second kappa shape index (κ2) is 5.83. The zero-order valence-corrected chi connectivity index (χ0v) is 10.8. The van der Waals surface area contributed by atoms with Gasteiger partial charge in [-0.1, -0.05) is 6.07 Å². The molecule has 19 heavy (non-hydrogen) atoms. The Kier molecular flexibility index (Phi) is 3.94. The van der Waals surface area contributed by atoms with Gasteiger partial charge in [-0.05, 0) is 32.0 Å². The maximum Gasteiger partial charge on any atom is 0.226 e. The monoisotopic (exact) mass is 254 g/mol. The van der Waals surface area contributed by atoms with E-state index in [0.717, 1.165) is 12.2 Å². The van der Waals surface area contributed by atoms with E-state index < -0.39 is 0 Å². The summed E-state index contributed by atoms with van der Waals surface area (Å²) in [4.78, 5) is 8.49. The van der Waals surface area contributed by atoms with E-state index in [1.165, 1.54) is 0 Å². The smallest absolute Gasteiger partial charge is 0.226 e. The number of nitrogens with zero attached hydrogens (tertiary/aromatic N) is 3. The molecule has 0 atom stereocenters. The molecule has 5 heteroatoms. The highest BCUT2D eigenvalue weighted by Crippen LogP contribution is 2.21. The van der Waals surface area contributed by atoms with Gasteiger partial charge in [-0.25, -0.2) is 4.98 Å². The molecule has 0 aliphatic carbocycles. The van der Waals surface area contributed by atoms with Gasteiger partial charge in [0.25, 0.3) is 0 Å². The normalized spacial score (nSPS) is 9.74. The van der Waals surface area contributed by atoms with E-state index in [2.05, 4.69) is 21.4 Å². The van der Waals surface area contributed by atoms with E-state index in [9.17, 15) is 0 Å². The Morgan fingerprint density at radius 3 is 2.89 bits per heavy atom. The summed E-state index contributed by atoms with van der Waals surface area (Å²) in [7, 11) is 0. The maximum absolute atomic E-state index is 8.85. The number of aromatic nitrogens is 2. The quantitative estimate of drug-likeness (QED) is 0.908. The van der Waals surface area contributed by atoms with Crippen LogP contribution in [0.25, 0.3) is 0 Å². The Labute approximate surface area is 111 Å². The zero-order valence-electron chi connectivity index (χ0n) is 10.8. The molecule has 0 saturated carbocycles. The van der Waals surface area contributed by atoms with E-state index in [-0.39, 0.29) is 0 Å². The van der Waals surface area contributed by atoms with Gasteiger partial charge in [-0.2, -0.15) is 10.2 Å². The largest absolute Gasteiger partial charge is 0.439 e. The fraction of sp³-hybridized carbons (Fsp3) is 0.214. The summed E-state index contributed by atoms with van der Waals surface area (Å²) >= 11 is 0. The molecule has 96 valence electrons. The molecule has 5 nitrogen and oxygen atoms in total. The van der Waals surface area contributed by atoms with Crippen LogP contribution in [0, 0.1) is 18.3 Å². The van der Waals surface area contributed by atoms with Crippen LogP contribution in [-0.4, -0.2) is 16.5 Å². The van der Waals surface area contributed by atoms with Crippen molar-refractivity contribution in [2.24, 2.45) is 0 Å². The molecule has 0 aliphatic rings. The van der Waals surface area contributed by atoms with Gasteiger partial charge in [0.1, 0.15) is 5.75 Å². The van der Waals surface area contributed by atoms with Gasteiger partial charge >= 0.3 is 0 Å². The Morgan fingerprint density at radius 1 is 1.32 bits per heavy atom. The molecule has 0 radical (unpaired) electrons. The first-order valence-electron chi connectivity index (χ1n) is 5.99. The van der Waals surface area contributed by atoms with Crippen molar-refractivity contribution in [2.45, 2.75) is 13.8 Å². The number of nitriles is 1. The lowest BCUT2D eigenvalue weighted by atomic mass is 10.2. The molecule has 0 amide bonds. The topological polar surface area (TPSA) is 70.8 Å². The molecule has 0 fully saturated rings. The Morgan fingerprint density at radius 2 is 2.16 bits per heavy atom. The lowest BCUT2D eigenvalue weighted by Crippen LogP contribution is -2.03. The van der Waals surface area contributed by atoms with Crippen molar-refractivity contribution in [3.63, 3.8) is 0 Å². The average molecular weight is 254 g/mol. The molecule has 2 aromatic rings. The Bertz CT molecular complexity index is 619. The molecule has 0 unspecified atom stereocenters. The lowest BCUT2D eigenvalue weighted by Gasteiger charge is -2.08. The highest BCUT2D eigenvalue weighted by molar-refractivity contribution is 5.39. The van der Waals surface area contributed by atoms with Crippen molar-refractivity contribution < 1.29 is 4.74 Å². The number of hydrogen-bond donors (Lipinski definition) is 1. The standard InChI is InChI=1S/C14H14N4O/c1-3-16-14-17-10(2)7-13(18-14)19-12-6-4-5-11(8-12)9-15/h4-8H,3H2,1-2H3,(H,16,17,18). The molecule has 1 heterocycles. The van der Waals surface area contributed by atoms with Crippen LogP contribution in [0.2, 0.25) is 0 Å². The first-order valence-corrected chi connectivity index (χ1v) is 5.99. The van der Waals surface area contributed by atoms with Gasteiger partial charge in [-0.3, -0.25) is 0 Å². The van der Waals surface area contributed by atoms with Crippen molar-refractivity contribution >= 4 is 5.95 Å². The first kappa shape index (κ1) is 12.8. The minimum Gasteiger partial charge on any atom is -0.439 e. The highest BCUT2D eigenvalue weighted by atomic mass is 16.5. The predicted octanol–water partition coefficient (Wildman–Crippen LogP) is 2.88. The minimum absolute atomic E-state index is 0.457. The van der Waals surface area contributed by atoms with E-state index in [1.54, 1.807) is 30.3 Å². The van der Waals surface area contributed by atoms with Crippen molar-refractivity contribution in [1.82, 2.24) is 9.97 Å². The molecule has 1 N–H and O–H groups in total. The van der Waals surface area contributed by atoms with Gasteiger partial charge in [0.05, 0.1) is 11.6 Å². The number of nitrogens with one attached hydrogen (secondary N) is 1. The third kappa shape index (κ3) is 3.42. The number of benzene rings is 1. The van der Waals surface area contributed by atoms with E-state index in [4.69, 9.17) is 10.00 Å². The summed E-state index contributed by atoms with van der Waals surface area (Å²) in [6.07, 6.45) is 0. The maximum atomic E-state index is 8.85. The Hall–Kier alpha value is -2.61. The van der Waals surface area contributed by atoms with Crippen LogP contribution in [0.15, 0.2) is 30.3 Å². The molecule has 0 spiro atoms. The van der Waals surface area contributed by atoms with E-state index >= 15 is 0 Å². The predicted molar refractivity (Wildman–Crippen MR) is 72.2 cm³/mol. The van der Waals surface area contributed by atoms with Gasteiger partial charge in [-0.15, -0.1) is 0 Å². The third-order valence-corrected chi connectivity index (χ3v) is 2.35. The fourth-order valence-corrected chi connectivity index (χ4v) is 1.58. The fourth-order valence-electron chi connectivity index (χ4n) is 1.58. The summed E-state index contributed by atoms with van der Waals surface area (Å²) in [6.45, 7) is 4.59. The number of rotatable bonds is 4. The van der Waals surface area contributed by atoms with Crippen molar-refractivity contribution in [2.75, 3.05) is 11.9 Å². The summed E-state index contributed by atoms with van der Waals surface area (Å²) < 4.78 is 5.65. The second-order valence-electron chi connectivity index (χ2n) is 3.94. The third-order valence-electron chi connectivity index (χ3n) is 2.35. The van der Waals surface area contributed by atoms with E-state index in [1.807, 2.05) is 13.8 Å². The van der Waals surface area contributed by atoms with Crippen LogP contribution in [0.4, 0.5) is 5.95 Å². The molecule has 0 aliphatic heterocycles. The molecule has 1 aromatic carbocycles. The van der Waals surface area contributed by atoms with E-state index in [0.29, 0.717) is 23.1 Å². The van der Waals surface area contributed by atoms with Crippen LogP contribution in [0.1, 0.15) is 18.2 Å². The molecule has 0 saturated heterocycles. The second-order valence-corrected chi connectivity index (χ2v) is 3.94. The SMILES string of the molecule is CCNc1nc(C)cc(Oc2cccc(C#N)c2)n1. The number of aryl methyl sites for hydroxylation is 1. The average Bonchev–Trinajstić information content (AvgIpc) is 2.38. The minimum atomic E-state index is 0.457. The summed E-state index contributed by atoms with van der Waals surface area (Å²) in [5.41, 5.74) is 1.37. The molecule has 2 rings (SSSR count). The highest BCUT2D eigenvalue weighted by Gasteiger charge is 2.04. The number of ether oxygens (including phenoxy) is 1. The van der Waals surface area contributed by atoms with Gasteiger partial charge in [0.2, 0.25) is 11.8 Å². The van der Waals surface area contributed by atoms with Crippen LogP contribution in [0.5, 0.6) is 11.6 Å². The molecule has 0 bridgehead atoms. The zero-order chi connectivity index (χ0) is 13.7. The number of hydrogen-bond acceptors (Lipinski definition) is 5. The lowest BCUT2D eigenvalue weighted by molar-refractivity contribution is 0.461. The van der Waals surface area contributed by atoms with Crippen LogP contribution >= 0.6 is 0 Å². The van der Waals surface area contributed by atoms with Crippen LogP contribution in [-0.2, 0) is 0 Å². The Balaban J connectivity index is 2.25. The van der Waals surface area contributed by atoms with Crippen molar-refractivity contribution in [3.8, 4) is 17.7 Å². The van der Waals surface area contributed by atoms with Crippen molar-refractivity contribution in [3.05, 3.63) is 41.6 Å². The van der Waals surface area contributed by atoms with Gasteiger partial charge in [0.15, 0.2) is 0 Å². The van der Waals surface area contributed by atoms with Gasteiger partial charge in [0, 0.05) is 18.3 Å². The molecule has 1 aromatic heterocycles. The first-order chi connectivity index (χ1) is 9.21. The molecular formula is C14H14N4O. The van der Waals surface area contributed by atoms with Crippen LogP contribution in [0.3, 0.4) is 0 Å². The summed E-state index contributed by atoms with van der Waals surface area (Å²) in [6, 6.07) is 10.8.